The summed E-state index contributed by atoms with van der Waals surface area (Å²) in [5, 5.41) is 0. The second-order valence-corrected chi connectivity index (χ2v) is 9.07. The standard InChI is InChI=1S/C20H25FO4/c1-11-8-19-9-12(11)4-5-13(19)20-7-3-6-18(10-21,17(23)25-20)15(20)14(19)16(22)24-2/h12-15H,1,3-10H2,2H3. The Morgan fingerprint density at radius 2 is 2.20 bits per heavy atom. The number of alkyl halides is 1. The third kappa shape index (κ3) is 1.52. The van der Waals surface area contributed by atoms with Crippen LogP contribution in [0.3, 0.4) is 0 Å². The minimum atomic E-state index is -1.15. The highest BCUT2D eigenvalue weighted by atomic mass is 19.1. The van der Waals surface area contributed by atoms with Crippen molar-refractivity contribution in [3.8, 4) is 0 Å². The summed E-state index contributed by atoms with van der Waals surface area (Å²) in [6, 6.07) is 0. The van der Waals surface area contributed by atoms with E-state index in [9.17, 15) is 14.0 Å². The lowest BCUT2D eigenvalue weighted by Crippen LogP contribution is -2.49. The number of allylic oxidation sites excluding steroid dienone is 1. The van der Waals surface area contributed by atoms with Crippen LogP contribution >= 0.6 is 0 Å². The van der Waals surface area contributed by atoms with Crippen molar-refractivity contribution in [2.45, 2.75) is 50.5 Å². The third-order valence-corrected chi connectivity index (χ3v) is 8.50. The molecule has 4 aliphatic carbocycles. The number of hydrogen-bond acceptors (Lipinski definition) is 4. The largest absolute Gasteiger partial charge is 0.469 e. The van der Waals surface area contributed by atoms with Crippen LogP contribution in [0.15, 0.2) is 12.2 Å². The van der Waals surface area contributed by atoms with Crippen LogP contribution in [-0.2, 0) is 19.1 Å². The molecule has 0 aromatic heterocycles. The zero-order valence-electron chi connectivity index (χ0n) is 14.7. The normalized spacial score (nSPS) is 52.6. The summed E-state index contributed by atoms with van der Waals surface area (Å²) in [6.45, 7) is 3.53. The number of hydrogen-bond donors (Lipinski definition) is 0. The zero-order valence-corrected chi connectivity index (χ0v) is 14.7. The Morgan fingerprint density at radius 1 is 1.40 bits per heavy atom. The van der Waals surface area contributed by atoms with Crippen LogP contribution in [0.4, 0.5) is 4.39 Å². The molecular weight excluding hydrogens is 323 g/mol. The maximum absolute atomic E-state index is 14.3. The number of fused-ring (bicyclic) bond motifs is 1. The van der Waals surface area contributed by atoms with Gasteiger partial charge in [0.05, 0.1) is 13.0 Å². The molecule has 5 heteroatoms. The van der Waals surface area contributed by atoms with Gasteiger partial charge in [-0.15, -0.1) is 0 Å². The Morgan fingerprint density at radius 3 is 2.92 bits per heavy atom. The Kier molecular flexibility index (Phi) is 2.95. The first-order valence-electron chi connectivity index (χ1n) is 9.50. The van der Waals surface area contributed by atoms with Crippen LogP contribution in [0.25, 0.3) is 0 Å². The van der Waals surface area contributed by atoms with Crippen molar-refractivity contribution in [2.75, 3.05) is 13.8 Å². The van der Waals surface area contributed by atoms with Crippen LogP contribution in [0, 0.1) is 34.5 Å². The van der Waals surface area contributed by atoms with Crippen LogP contribution in [0.1, 0.15) is 44.9 Å². The van der Waals surface area contributed by atoms with E-state index in [1.807, 2.05) is 0 Å². The molecule has 1 aliphatic heterocycles. The smallest absolute Gasteiger partial charge is 0.315 e. The molecule has 5 rings (SSSR count). The topological polar surface area (TPSA) is 52.6 Å². The van der Waals surface area contributed by atoms with Crippen LogP contribution in [0.2, 0.25) is 0 Å². The fourth-order valence-electron chi connectivity index (χ4n) is 7.83. The monoisotopic (exact) mass is 348 g/mol. The Bertz CT molecular complexity index is 689. The molecule has 1 saturated heterocycles. The molecule has 4 bridgehead atoms. The van der Waals surface area contributed by atoms with E-state index >= 15 is 0 Å². The van der Waals surface area contributed by atoms with Gasteiger partial charge in [0.15, 0.2) is 0 Å². The van der Waals surface area contributed by atoms with Crippen molar-refractivity contribution >= 4 is 11.9 Å². The summed E-state index contributed by atoms with van der Waals surface area (Å²) in [6.07, 6.45) is 5.69. The molecule has 5 aliphatic rings. The Hall–Kier alpha value is -1.39. The predicted molar refractivity (Wildman–Crippen MR) is 87.1 cm³/mol. The average Bonchev–Trinajstić information content (AvgIpc) is 3.05. The second kappa shape index (κ2) is 4.66. The fourth-order valence-corrected chi connectivity index (χ4v) is 7.83. The SMILES string of the molecule is C=C1CC23CC1CCC2C12CCCC(CF)(C(=O)O1)C2C3C(=O)OC. The molecule has 0 radical (unpaired) electrons. The number of rotatable bonds is 2. The molecule has 4 saturated carbocycles. The maximum atomic E-state index is 14.3. The van der Waals surface area contributed by atoms with Gasteiger partial charge in [0.1, 0.15) is 17.7 Å². The summed E-state index contributed by atoms with van der Waals surface area (Å²) in [5.74, 6) is -0.969. The van der Waals surface area contributed by atoms with E-state index in [4.69, 9.17) is 9.47 Å². The highest BCUT2D eigenvalue weighted by Crippen LogP contribution is 2.78. The van der Waals surface area contributed by atoms with Crippen molar-refractivity contribution in [2.24, 2.45) is 34.5 Å². The van der Waals surface area contributed by atoms with Crippen molar-refractivity contribution in [1.82, 2.24) is 0 Å². The van der Waals surface area contributed by atoms with Crippen molar-refractivity contribution in [3.63, 3.8) is 0 Å². The highest BCUT2D eigenvalue weighted by Gasteiger charge is 2.82. The van der Waals surface area contributed by atoms with Crippen molar-refractivity contribution < 1.29 is 23.5 Å². The molecule has 0 N–H and O–H groups in total. The number of halogens is 1. The van der Waals surface area contributed by atoms with Gasteiger partial charge in [-0.05, 0) is 56.3 Å². The van der Waals surface area contributed by atoms with E-state index in [-0.39, 0.29) is 23.2 Å². The fraction of sp³-hybridized carbons (Fsp3) is 0.800. The average molecular weight is 348 g/mol. The van der Waals surface area contributed by atoms with Gasteiger partial charge >= 0.3 is 11.9 Å². The minimum Gasteiger partial charge on any atom is -0.469 e. The van der Waals surface area contributed by atoms with E-state index < -0.39 is 29.6 Å². The van der Waals surface area contributed by atoms with Crippen LogP contribution in [-0.4, -0.2) is 31.3 Å². The van der Waals surface area contributed by atoms with E-state index in [0.29, 0.717) is 12.3 Å². The van der Waals surface area contributed by atoms with Gasteiger partial charge in [-0.25, -0.2) is 4.39 Å². The Labute approximate surface area is 147 Å². The molecular formula is C20H25FO4. The van der Waals surface area contributed by atoms with Crippen molar-refractivity contribution in [1.29, 1.82) is 0 Å². The maximum Gasteiger partial charge on any atom is 0.315 e. The van der Waals surface area contributed by atoms with E-state index in [1.165, 1.54) is 12.7 Å². The predicted octanol–water partition coefficient (Wildman–Crippen LogP) is 3.20. The zero-order chi connectivity index (χ0) is 17.6. The van der Waals surface area contributed by atoms with Gasteiger partial charge in [-0.1, -0.05) is 12.2 Å². The van der Waals surface area contributed by atoms with Gasteiger partial charge < -0.3 is 9.47 Å². The van der Waals surface area contributed by atoms with Gasteiger partial charge in [-0.2, -0.15) is 0 Å². The molecule has 136 valence electrons. The molecule has 7 atom stereocenters. The Balaban J connectivity index is 1.74. The van der Waals surface area contributed by atoms with Gasteiger partial charge in [-0.3, -0.25) is 9.59 Å². The first-order chi connectivity index (χ1) is 11.9. The number of carbonyl (C=O) groups excluding carboxylic acids is 2. The lowest BCUT2D eigenvalue weighted by molar-refractivity contribution is -0.162. The molecule has 25 heavy (non-hydrogen) atoms. The van der Waals surface area contributed by atoms with Crippen LogP contribution < -0.4 is 0 Å². The number of ether oxygens (including phenoxy) is 2. The molecule has 7 unspecified atom stereocenters. The van der Waals surface area contributed by atoms with E-state index in [0.717, 1.165) is 38.5 Å². The minimum absolute atomic E-state index is 0.127. The summed E-state index contributed by atoms with van der Waals surface area (Å²) < 4.78 is 25.6. The van der Waals surface area contributed by atoms with Gasteiger partial charge in [0, 0.05) is 11.8 Å². The lowest BCUT2D eigenvalue weighted by atomic mass is 9.60. The molecule has 0 aromatic rings. The third-order valence-electron chi connectivity index (χ3n) is 8.50. The quantitative estimate of drug-likeness (QED) is 0.568. The molecule has 0 amide bonds. The summed E-state index contributed by atoms with van der Waals surface area (Å²) >= 11 is 0. The summed E-state index contributed by atoms with van der Waals surface area (Å²) in [4.78, 5) is 25.7. The van der Waals surface area contributed by atoms with E-state index in [1.54, 1.807) is 0 Å². The molecule has 1 heterocycles. The van der Waals surface area contributed by atoms with Gasteiger partial charge in [0.25, 0.3) is 0 Å². The molecule has 0 aromatic carbocycles. The lowest BCUT2D eigenvalue weighted by Gasteiger charge is -2.43. The van der Waals surface area contributed by atoms with Crippen LogP contribution in [0.5, 0.6) is 0 Å². The highest BCUT2D eigenvalue weighted by molar-refractivity contribution is 5.85. The number of esters is 2. The first kappa shape index (κ1) is 15.8. The first-order valence-corrected chi connectivity index (χ1v) is 9.50. The van der Waals surface area contributed by atoms with Gasteiger partial charge in [0.2, 0.25) is 0 Å². The number of methoxy groups -OCH3 is 1. The molecule has 1 spiro atoms. The second-order valence-electron chi connectivity index (χ2n) is 9.07. The summed E-state index contributed by atoms with van der Waals surface area (Å²) in [7, 11) is 1.40. The van der Waals surface area contributed by atoms with Crippen molar-refractivity contribution in [3.05, 3.63) is 12.2 Å². The molecule has 4 nitrogen and oxygen atoms in total. The summed E-state index contributed by atoms with van der Waals surface area (Å²) in [5.41, 5.74) is -0.871. The molecule has 5 fully saturated rings. The number of carbonyl (C=O) groups is 2. The van der Waals surface area contributed by atoms with E-state index in [2.05, 4.69) is 6.58 Å².